The summed E-state index contributed by atoms with van der Waals surface area (Å²) in [6.45, 7) is -1.26. The molecule has 7 rings (SSSR count). The smallest absolute Gasteiger partial charge is 0.386 e. The van der Waals surface area contributed by atoms with Crippen LogP contribution in [-0.4, -0.2) is 114 Å². The first-order valence-electron chi connectivity index (χ1n) is 13.1. The Kier molecular flexibility index (Phi) is 7.44. The van der Waals surface area contributed by atoms with Gasteiger partial charge < -0.3 is 29.9 Å². The molecule has 0 aromatic carbocycles. The van der Waals surface area contributed by atoms with E-state index in [1.807, 2.05) is 0 Å². The van der Waals surface area contributed by atoms with Crippen LogP contribution in [-0.2, 0) is 42.3 Å². The summed E-state index contributed by atoms with van der Waals surface area (Å²) in [4.78, 5) is 45.7. The minimum atomic E-state index is -5.02. The van der Waals surface area contributed by atoms with Gasteiger partial charge >= 0.3 is 18.1 Å². The molecule has 3 saturated heterocycles. The first-order valence-corrected chi connectivity index (χ1v) is 16.1. The summed E-state index contributed by atoms with van der Waals surface area (Å²) >= 11 is 0. The van der Waals surface area contributed by atoms with Crippen molar-refractivity contribution in [2.45, 2.75) is 49.1 Å². The fourth-order valence-corrected chi connectivity index (χ4v) is 7.41. The third-order valence-electron chi connectivity index (χ3n) is 7.46. The molecule has 2 bridgehead atoms. The van der Waals surface area contributed by atoms with Gasteiger partial charge in [-0.05, 0) is 0 Å². The second kappa shape index (κ2) is 11.1. The van der Waals surface area contributed by atoms with Gasteiger partial charge in [0.05, 0.1) is 25.5 Å². The molecule has 4 aromatic heterocycles. The largest absolute Gasteiger partial charge is 0.472 e. The van der Waals surface area contributed by atoms with Crippen LogP contribution in [0, 0.1) is 0 Å². The number of nitrogens with one attached hydrogen (secondary N) is 2. The number of anilines is 1. The summed E-state index contributed by atoms with van der Waals surface area (Å²) in [5.41, 5.74) is 5.50. The molecular weight excluding hydrogens is 647 g/mol. The molecule has 0 spiro atoms. The molecule has 6 N–H and O–H groups in total. The first kappa shape index (κ1) is 30.2. The second-order valence-corrected chi connectivity index (χ2v) is 13.0. The van der Waals surface area contributed by atoms with Gasteiger partial charge in [-0.1, -0.05) is 0 Å². The van der Waals surface area contributed by atoms with E-state index in [2.05, 4.69) is 34.6 Å². The van der Waals surface area contributed by atoms with Crippen LogP contribution in [0.25, 0.3) is 22.3 Å². The number of hydrogen-bond donors (Lipinski definition) is 5. The van der Waals surface area contributed by atoms with Gasteiger partial charge in [0.15, 0.2) is 29.3 Å². The van der Waals surface area contributed by atoms with Crippen molar-refractivity contribution < 1.29 is 50.4 Å². The molecule has 3 fully saturated rings. The van der Waals surface area contributed by atoms with Crippen LogP contribution in [0.4, 0.5) is 5.95 Å². The quantitative estimate of drug-likeness (QED) is 0.140. The summed E-state index contributed by atoms with van der Waals surface area (Å²) in [6.07, 6.45) is -5.95. The lowest BCUT2D eigenvalue weighted by molar-refractivity contribution is -0.0598. The van der Waals surface area contributed by atoms with Crippen LogP contribution in [0.1, 0.15) is 12.5 Å². The van der Waals surface area contributed by atoms with E-state index in [0.717, 1.165) is 0 Å². The average Bonchev–Trinajstić information content (AvgIpc) is 3.75. The van der Waals surface area contributed by atoms with Gasteiger partial charge in [0.2, 0.25) is 5.95 Å². The number of hydrogen-bond acceptors (Lipinski definition) is 17. The molecule has 24 heteroatoms. The summed E-state index contributed by atoms with van der Waals surface area (Å²) in [7, 11) is -8.42. The van der Waals surface area contributed by atoms with E-state index in [-0.39, 0.29) is 22.8 Å². The maximum Gasteiger partial charge on any atom is 0.472 e. The summed E-state index contributed by atoms with van der Waals surface area (Å²) in [6, 6.07) is 0. The van der Waals surface area contributed by atoms with Crippen LogP contribution in [0.3, 0.4) is 0 Å². The summed E-state index contributed by atoms with van der Waals surface area (Å²) < 4.78 is 77.9. The molecular formula is C21H25N10O12PS. The Bertz CT molecular complexity index is 1970. The van der Waals surface area contributed by atoms with Crippen molar-refractivity contribution in [3.63, 3.8) is 0 Å². The third-order valence-corrected chi connectivity index (χ3v) is 9.44. The number of ether oxygens (including phenoxy) is 3. The van der Waals surface area contributed by atoms with Crippen molar-refractivity contribution in [3.8, 4) is 0 Å². The van der Waals surface area contributed by atoms with Gasteiger partial charge in [-0.3, -0.25) is 28.0 Å². The van der Waals surface area contributed by atoms with E-state index >= 15 is 0 Å². The maximum absolute atomic E-state index is 13.3. The molecule has 0 radical (unpaired) electrons. The molecule has 0 saturated carbocycles. The number of aliphatic hydroxyl groups excluding tert-OH is 1. The number of aromatic amines is 1. The minimum Gasteiger partial charge on any atom is -0.386 e. The van der Waals surface area contributed by atoms with E-state index in [1.54, 1.807) is 0 Å². The molecule has 9 atom stereocenters. The molecule has 7 heterocycles. The lowest BCUT2D eigenvalue weighted by Gasteiger charge is -2.26. The number of methoxy groups -OCH3 is 1. The molecule has 3 aliphatic heterocycles. The number of aromatic nitrogens is 8. The van der Waals surface area contributed by atoms with Crippen molar-refractivity contribution in [1.82, 2.24) is 43.8 Å². The molecule has 3 aliphatic rings. The minimum absolute atomic E-state index is 0.0522. The molecule has 242 valence electrons. The first-order chi connectivity index (χ1) is 21.4. The van der Waals surface area contributed by atoms with Crippen LogP contribution in [0.2, 0.25) is 0 Å². The summed E-state index contributed by atoms with van der Waals surface area (Å²) in [5, 5.41) is 11.1. The normalized spacial score (nSPS) is 35.5. The topological polar surface area (TPSA) is 292 Å². The molecule has 4 aromatic rings. The number of imidazole rings is 2. The fraction of sp³-hybridized carbons (Fsp3) is 0.524. The zero-order valence-corrected chi connectivity index (χ0v) is 24.6. The predicted molar refractivity (Wildman–Crippen MR) is 145 cm³/mol. The molecule has 0 aliphatic carbocycles. The molecule has 0 amide bonds. The lowest BCUT2D eigenvalue weighted by atomic mass is 10.1. The van der Waals surface area contributed by atoms with Crippen LogP contribution >= 0.6 is 7.82 Å². The Morgan fingerprint density at radius 3 is 2.67 bits per heavy atom. The standard InChI is InChI=1S/C21H25N10O12PS/c1-38-14-9-3-27-45(36,37)43-13-10(41-19(12(13)32)30-6-25-8-2-23-5-24-16(8)30)4-39-44(34,35)42-15(14)20(40-9)31-7-26-11-17(31)28-21(22)29-18(11)33/h2,5-7,9-10,12-15,19-20,27,32H,3-4H2,1H3,(H,34,35)(H3,22,28,29,33). The summed E-state index contributed by atoms with van der Waals surface area (Å²) in [5.74, 6) is -0.240. The Labute approximate surface area is 251 Å². The van der Waals surface area contributed by atoms with E-state index in [9.17, 15) is 27.8 Å². The Morgan fingerprint density at radius 1 is 1.11 bits per heavy atom. The number of phosphoric ester groups is 1. The number of H-pyrrole nitrogens is 1. The predicted octanol–water partition coefficient (Wildman–Crippen LogP) is -2.55. The number of nitrogens with two attached hydrogens (primary N) is 1. The highest BCUT2D eigenvalue weighted by Crippen LogP contribution is 2.50. The van der Waals surface area contributed by atoms with Crippen LogP contribution in [0.15, 0.2) is 30.0 Å². The maximum atomic E-state index is 13.3. The Balaban J connectivity index is 1.22. The zero-order chi connectivity index (χ0) is 31.7. The van der Waals surface area contributed by atoms with Crippen LogP contribution < -0.4 is 16.0 Å². The van der Waals surface area contributed by atoms with Gasteiger partial charge in [0.1, 0.15) is 48.5 Å². The van der Waals surface area contributed by atoms with E-state index in [0.29, 0.717) is 5.52 Å². The van der Waals surface area contributed by atoms with E-state index in [1.165, 1.54) is 41.4 Å². The van der Waals surface area contributed by atoms with Crippen molar-refractivity contribution >= 4 is 46.4 Å². The Morgan fingerprint density at radius 2 is 1.87 bits per heavy atom. The average molecular weight is 673 g/mol. The lowest BCUT2D eigenvalue weighted by Crippen LogP contribution is -2.44. The third kappa shape index (κ3) is 5.40. The highest BCUT2D eigenvalue weighted by molar-refractivity contribution is 7.84. The van der Waals surface area contributed by atoms with Gasteiger partial charge in [-0.15, -0.1) is 0 Å². The SMILES string of the molecule is COC1C2CNS(=O)(=O)OC3C(COP(=O)(O)OC1C(n1cnc4c(=O)[nH]c(N)nc41)O2)OC(n1cnc2cncnc21)C3O. The van der Waals surface area contributed by atoms with E-state index < -0.39 is 85.9 Å². The molecule has 9 unspecified atom stereocenters. The van der Waals surface area contributed by atoms with Crippen molar-refractivity contribution in [1.29, 1.82) is 0 Å². The van der Waals surface area contributed by atoms with Gasteiger partial charge in [-0.25, -0.2) is 28.7 Å². The van der Waals surface area contributed by atoms with Gasteiger partial charge in [-0.2, -0.15) is 18.1 Å². The van der Waals surface area contributed by atoms with Crippen molar-refractivity contribution in [3.05, 3.63) is 35.5 Å². The van der Waals surface area contributed by atoms with E-state index in [4.69, 9.17) is 33.2 Å². The number of aliphatic hydroxyl groups is 1. The fourth-order valence-electron chi connectivity index (χ4n) is 5.51. The second-order valence-electron chi connectivity index (χ2n) is 10.2. The van der Waals surface area contributed by atoms with Crippen molar-refractivity contribution in [2.75, 3.05) is 26.0 Å². The number of nitrogen functional groups attached to an aromatic ring is 1. The molecule has 22 nitrogen and oxygen atoms in total. The Hall–Kier alpha value is -3.48. The molecule has 45 heavy (non-hydrogen) atoms. The number of fused-ring (bicyclic) bond motifs is 5. The number of rotatable bonds is 3. The van der Waals surface area contributed by atoms with Gasteiger partial charge in [0.25, 0.3) is 5.56 Å². The number of nitrogens with zero attached hydrogens (tertiary/aromatic N) is 7. The number of phosphoric acid groups is 1. The highest BCUT2D eigenvalue weighted by atomic mass is 32.2. The van der Waals surface area contributed by atoms with Crippen LogP contribution in [0.5, 0.6) is 0 Å². The van der Waals surface area contributed by atoms with Gasteiger partial charge in [0, 0.05) is 13.7 Å². The monoisotopic (exact) mass is 672 g/mol. The van der Waals surface area contributed by atoms with Crippen molar-refractivity contribution in [2.24, 2.45) is 0 Å². The highest BCUT2D eigenvalue weighted by Gasteiger charge is 2.53. The zero-order valence-electron chi connectivity index (χ0n) is 22.9.